The van der Waals surface area contributed by atoms with E-state index in [0.29, 0.717) is 23.8 Å². The molecule has 1 fully saturated rings. The van der Waals surface area contributed by atoms with Gasteiger partial charge in [0.25, 0.3) is 0 Å². The Morgan fingerprint density at radius 2 is 1.81 bits per heavy atom. The zero-order valence-corrected chi connectivity index (χ0v) is 13.0. The van der Waals surface area contributed by atoms with Crippen LogP contribution in [0.3, 0.4) is 0 Å². The molecule has 3 rings (SSSR count). The molecule has 0 unspecified atom stereocenters. The summed E-state index contributed by atoms with van der Waals surface area (Å²) < 4.78 is 5.45. The van der Waals surface area contributed by atoms with Gasteiger partial charge in [-0.2, -0.15) is 4.98 Å². The number of likely N-dealkylation sites (tertiary alicyclic amines) is 1. The van der Waals surface area contributed by atoms with Crippen LogP contribution in [0.5, 0.6) is 0 Å². The summed E-state index contributed by atoms with van der Waals surface area (Å²) >= 11 is 0. The number of aryl methyl sites for hydroxylation is 1. The first kappa shape index (κ1) is 14.3. The average molecular weight is 285 g/mol. The third-order valence-corrected chi connectivity index (χ3v) is 4.47. The molecule has 1 saturated heterocycles. The van der Waals surface area contributed by atoms with Crippen molar-refractivity contribution < 1.29 is 4.52 Å². The number of hydrogen-bond acceptors (Lipinski definition) is 4. The van der Waals surface area contributed by atoms with E-state index in [0.717, 1.165) is 12.1 Å². The van der Waals surface area contributed by atoms with Gasteiger partial charge in [0.2, 0.25) is 11.7 Å². The molecule has 0 saturated carbocycles. The highest BCUT2D eigenvalue weighted by Gasteiger charge is 2.26. The van der Waals surface area contributed by atoms with Gasteiger partial charge < -0.3 is 4.52 Å². The molecular weight excluding hydrogens is 262 g/mol. The first-order chi connectivity index (χ1) is 10.1. The molecule has 112 valence electrons. The quantitative estimate of drug-likeness (QED) is 0.860. The summed E-state index contributed by atoms with van der Waals surface area (Å²) in [5.41, 5.74) is 2.24. The zero-order chi connectivity index (χ0) is 14.8. The summed E-state index contributed by atoms with van der Waals surface area (Å²) in [5.74, 6) is 1.40. The monoisotopic (exact) mass is 285 g/mol. The molecule has 1 aliphatic heterocycles. The van der Waals surface area contributed by atoms with Gasteiger partial charge in [0, 0.05) is 17.6 Å². The molecule has 4 nitrogen and oxygen atoms in total. The molecule has 4 heteroatoms. The van der Waals surface area contributed by atoms with Gasteiger partial charge in [0.15, 0.2) is 0 Å². The molecule has 0 amide bonds. The summed E-state index contributed by atoms with van der Waals surface area (Å²) in [6.45, 7) is 7.39. The molecule has 0 radical (unpaired) electrons. The summed E-state index contributed by atoms with van der Waals surface area (Å²) in [6, 6.07) is 9.39. The Labute approximate surface area is 126 Å². The van der Waals surface area contributed by atoms with Gasteiger partial charge in [0.1, 0.15) is 0 Å². The van der Waals surface area contributed by atoms with Crippen LogP contribution in [0.25, 0.3) is 11.4 Å². The van der Waals surface area contributed by atoms with E-state index < -0.39 is 0 Å². The van der Waals surface area contributed by atoms with E-state index >= 15 is 0 Å². The lowest BCUT2D eigenvalue weighted by Gasteiger charge is -2.37. The maximum Gasteiger partial charge on any atom is 0.241 e. The van der Waals surface area contributed by atoms with Crippen LogP contribution in [-0.4, -0.2) is 27.1 Å². The van der Waals surface area contributed by atoms with Gasteiger partial charge in [-0.15, -0.1) is 0 Å². The minimum absolute atomic E-state index is 0.587. The molecular formula is C17H23N3O. The van der Waals surface area contributed by atoms with Crippen molar-refractivity contribution in [3.05, 3.63) is 35.7 Å². The fourth-order valence-electron chi connectivity index (χ4n) is 3.08. The van der Waals surface area contributed by atoms with Crippen molar-refractivity contribution in [1.82, 2.24) is 15.0 Å². The minimum Gasteiger partial charge on any atom is -0.338 e. The number of hydrogen-bond donors (Lipinski definition) is 0. The van der Waals surface area contributed by atoms with Crippen LogP contribution >= 0.6 is 0 Å². The summed E-state index contributed by atoms with van der Waals surface area (Å²) in [5, 5.41) is 4.12. The predicted molar refractivity (Wildman–Crippen MR) is 82.8 cm³/mol. The minimum atomic E-state index is 0.587. The smallest absolute Gasteiger partial charge is 0.241 e. The number of nitrogens with zero attached hydrogens (tertiary/aromatic N) is 3. The molecule has 0 aliphatic carbocycles. The van der Waals surface area contributed by atoms with Crippen molar-refractivity contribution in [2.45, 2.75) is 58.7 Å². The average Bonchev–Trinajstić information content (AvgIpc) is 2.92. The first-order valence-corrected chi connectivity index (χ1v) is 7.79. The fraction of sp³-hybridized carbons (Fsp3) is 0.529. The number of benzene rings is 1. The fourth-order valence-corrected chi connectivity index (χ4v) is 3.08. The van der Waals surface area contributed by atoms with Gasteiger partial charge in [-0.25, -0.2) is 0 Å². The van der Waals surface area contributed by atoms with E-state index in [-0.39, 0.29) is 0 Å². The van der Waals surface area contributed by atoms with Crippen LogP contribution in [0.1, 0.15) is 44.6 Å². The van der Waals surface area contributed by atoms with Crippen LogP contribution < -0.4 is 0 Å². The van der Waals surface area contributed by atoms with Crippen LogP contribution in [0, 0.1) is 6.92 Å². The van der Waals surface area contributed by atoms with Gasteiger partial charge >= 0.3 is 0 Å². The van der Waals surface area contributed by atoms with E-state index in [2.05, 4.69) is 47.9 Å². The third-order valence-electron chi connectivity index (χ3n) is 4.47. The predicted octanol–water partition coefficient (Wildman–Crippen LogP) is 3.81. The molecule has 2 heterocycles. The summed E-state index contributed by atoms with van der Waals surface area (Å²) in [6.07, 6.45) is 3.82. The molecule has 1 aromatic heterocycles. The SMILES string of the molecule is Cc1ccc(-c2noc(CN3[C@H](C)CCC[C@H]3C)n2)cc1. The second kappa shape index (κ2) is 5.98. The molecule has 0 N–H and O–H groups in total. The zero-order valence-electron chi connectivity index (χ0n) is 13.0. The number of rotatable bonds is 3. The van der Waals surface area contributed by atoms with Gasteiger partial charge in [-0.05, 0) is 33.6 Å². The van der Waals surface area contributed by atoms with Crippen LogP contribution in [0.2, 0.25) is 0 Å². The highest BCUT2D eigenvalue weighted by molar-refractivity contribution is 5.54. The first-order valence-electron chi connectivity index (χ1n) is 7.79. The molecule has 1 aliphatic rings. The lowest BCUT2D eigenvalue weighted by molar-refractivity contribution is 0.0825. The molecule has 1 aromatic carbocycles. The van der Waals surface area contributed by atoms with Crippen molar-refractivity contribution in [3.63, 3.8) is 0 Å². The van der Waals surface area contributed by atoms with Gasteiger partial charge in [-0.1, -0.05) is 41.4 Å². The third kappa shape index (κ3) is 3.16. The van der Waals surface area contributed by atoms with Crippen LogP contribution in [-0.2, 0) is 6.54 Å². The van der Waals surface area contributed by atoms with E-state index in [9.17, 15) is 0 Å². The Bertz CT molecular complexity index is 580. The topological polar surface area (TPSA) is 42.2 Å². The molecule has 0 bridgehead atoms. The van der Waals surface area contributed by atoms with E-state index in [1.807, 2.05) is 12.1 Å². The van der Waals surface area contributed by atoms with E-state index in [1.54, 1.807) is 0 Å². The Morgan fingerprint density at radius 3 is 2.48 bits per heavy atom. The van der Waals surface area contributed by atoms with Crippen molar-refractivity contribution in [2.24, 2.45) is 0 Å². The standard InChI is InChI=1S/C17H23N3O/c1-12-7-9-15(10-8-12)17-18-16(21-19-17)11-20-13(2)5-4-6-14(20)3/h7-10,13-14H,4-6,11H2,1-3H3/t13-,14-/m1/s1. The summed E-state index contributed by atoms with van der Waals surface area (Å²) in [7, 11) is 0. The second-order valence-electron chi connectivity index (χ2n) is 6.18. The van der Waals surface area contributed by atoms with Crippen LogP contribution in [0.4, 0.5) is 0 Å². The largest absolute Gasteiger partial charge is 0.338 e. The molecule has 2 atom stereocenters. The second-order valence-corrected chi connectivity index (χ2v) is 6.18. The molecule has 0 spiro atoms. The summed E-state index contributed by atoms with van der Waals surface area (Å²) in [4.78, 5) is 7.02. The van der Waals surface area contributed by atoms with Crippen molar-refractivity contribution in [3.8, 4) is 11.4 Å². The highest BCUT2D eigenvalue weighted by Crippen LogP contribution is 2.25. The number of aromatic nitrogens is 2. The van der Waals surface area contributed by atoms with E-state index in [1.165, 1.54) is 24.8 Å². The van der Waals surface area contributed by atoms with Gasteiger partial charge in [-0.3, -0.25) is 4.90 Å². The highest BCUT2D eigenvalue weighted by atomic mass is 16.5. The Kier molecular flexibility index (Phi) is 4.06. The molecule has 21 heavy (non-hydrogen) atoms. The van der Waals surface area contributed by atoms with Gasteiger partial charge in [0.05, 0.1) is 6.54 Å². The number of piperidine rings is 1. The maximum atomic E-state index is 5.45. The van der Waals surface area contributed by atoms with Crippen molar-refractivity contribution in [1.29, 1.82) is 0 Å². The van der Waals surface area contributed by atoms with E-state index in [4.69, 9.17) is 4.52 Å². The van der Waals surface area contributed by atoms with Crippen molar-refractivity contribution in [2.75, 3.05) is 0 Å². The Morgan fingerprint density at radius 1 is 1.14 bits per heavy atom. The Hall–Kier alpha value is -1.68. The molecule has 2 aromatic rings. The lowest BCUT2D eigenvalue weighted by atomic mass is 9.98. The normalized spacial score (nSPS) is 23.4. The Balaban J connectivity index is 1.74. The van der Waals surface area contributed by atoms with Crippen LogP contribution in [0.15, 0.2) is 28.8 Å². The van der Waals surface area contributed by atoms with Crippen molar-refractivity contribution >= 4 is 0 Å². The lowest BCUT2D eigenvalue weighted by Crippen LogP contribution is -2.43. The maximum absolute atomic E-state index is 5.45.